The summed E-state index contributed by atoms with van der Waals surface area (Å²) in [5.74, 6) is 0. The third kappa shape index (κ3) is 3.53. The lowest BCUT2D eigenvalue weighted by Gasteiger charge is -2.28. The Morgan fingerprint density at radius 1 is 1.36 bits per heavy atom. The first-order valence-corrected chi connectivity index (χ1v) is 8.03. The topological polar surface area (TPSA) is 3.24 Å². The smallest absolute Gasteiger partial charge is 0.132 e. The van der Waals surface area contributed by atoms with Crippen LogP contribution in [0.4, 0.5) is 0 Å². The first-order valence-electron chi connectivity index (χ1n) is 4.42. The molecule has 0 saturated carbocycles. The van der Waals surface area contributed by atoms with Crippen molar-refractivity contribution in [3.63, 3.8) is 0 Å². The molecule has 0 aliphatic rings. The minimum atomic E-state index is -0.213. The Labute approximate surface area is 75.7 Å². The molecule has 1 nitrogen and oxygen atoms in total. The minimum absolute atomic E-state index is 0.213. The summed E-state index contributed by atoms with van der Waals surface area (Å²) in [4.78, 5) is 0. The molecular weight excluding hydrogens is 166 g/mol. The van der Waals surface area contributed by atoms with Crippen LogP contribution < -0.4 is 0 Å². The molecular formula is C8H20NSi2. The van der Waals surface area contributed by atoms with E-state index in [1.807, 2.05) is 0 Å². The molecule has 11 heavy (non-hydrogen) atoms. The van der Waals surface area contributed by atoms with E-state index >= 15 is 0 Å². The second-order valence-electron chi connectivity index (χ2n) is 2.82. The van der Waals surface area contributed by atoms with Crippen molar-refractivity contribution in [3.05, 3.63) is 0 Å². The highest BCUT2D eigenvalue weighted by Gasteiger charge is 2.18. The molecule has 0 aliphatic heterocycles. The van der Waals surface area contributed by atoms with Crippen molar-refractivity contribution >= 4 is 18.5 Å². The van der Waals surface area contributed by atoms with Gasteiger partial charge >= 0.3 is 0 Å². The van der Waals surface area contributed by atoms with E-state index in [4.69, 9.17) is 0 Å². The fourth-order valence-corrected chi connectivity index (χ4v) is 4.97. The monoisotopic (exact) mass is 186 g/mol. The second-order valence-corrected chi connectivity index (χ2v) is 7.63. The molecule has 0 rings (SSSR count). The van der Waals surface area contributed by atoms with Crippen LogP contribution >= 0.6 is 0 Å². The summed E-state index contributed by atoms with van der Waals surface area (Å²) in [6.45, 7) is 14.2. The van der Waals surface area contributed by atoms with E-state index in [2.05, 4.69) is 38.4 Å². The summed E-state index contributed by atoms with van der Waals surface area (Å²) < 4.78 is 2.63. The lowest BCUT2D eigenvalue weighted by atomic mass is 10.7. The van der Waals surface area contributed by atoms with Crippen molar-refractivity contribution in [2.45, 2.75) is 39.0 Å². The highest BCUT2D eigenvalue weighted by Crippen LogP contribution is 2.10. The zero-order chi connectivity index (χ0) is 8.85. The summed E-state index contributed by atoms with van der Waals surface area (Å²) in [6.07, 6.45) is 0. The van der Waals surface area contributed by atoms with Gasteiger partial charge in [0.15, 0.2) is 0 Å². The first-order chi connectivity index (χ1) is 5.17. The van der Waals surface area contributed by atoms with Gasteiger partial charge in [-0.05, 0) is 18.3 Å². The molecule has 0 aromatic rings. The molecule has 3 radical (unpaired) electrons. The molecule has 0 heterocycles. The summed E-state index contributed by atoms with van der Waals surface area (Å²) in [5.41, 5.74) is 0. The Morgan fingerprint density at radius 2 is 1.82 bits per heavy atom. The van der Waals surface area contributed by atoms with Gasteiger partial charge in [0.1, 0.15) is 8.96 Å². The molecule has 0 bridgehead atoms. The summed E-state index contributed by atoms with van der Waals surface area (Å²) >= 11 is 0. The van der Waals surface area contributed by atoms with Crippen LogP contribution in [-0.2, 0) is 0 Å². The number of hydrogen-bond donors (Lipinski definition) is 0. The molecule has 1 atom stereocenters. The predicted molar refractivity (Wildman–Crippen MR) is 55.6 cm³/mol. The van der Waals surface area contributed by atoms with E-state index in [1.54, 1.807) is 0 Å². The highest BCUT2D eigenvalue weighted by atomic mass is 28.3. The van der Waals surface area contributed by atoms with E-state index in [9.17, 15) is 0 Å². The molecule has 3 heteroatoms. The van der Waals surface area contributed by atoms with Crippen molar-refractivity contribution in [1.29, 1.82) is 0 Å². The maximum atomic E-state index is 2.63. The lowest BCUT2D eigenvalue weighted by Crippen LogP contribution is -2.40. The van der Waals surface area contributed by atoms with Gasteiger partial charge in [-0.25, -0.2) is 0 Å². The van der Waals surface area contributed by atoms with Gasteiger partial charge in [0.05, 0.1) is 0 Å². The van der Waals surface area contributed by atoms with Gasteiger partial charge < -0.3 is 4.57 Å². The van der Waals surface area contributed by atoms with Crippen molar-refractivity contribution in [2.24, 2.45) is 0 Å². The zero-order valence-corrected chi connectivity index (χ0v) is 10.4. The first kappa shape index (κ1) is 11.4. The molecule has 1 unspecified atom stereocenters. The summed E-state index contributed by atoms with van der Waals surface area (Å²) in [6, 6.07) is 0. The van der Waals surface area contributed by atoms with Crippen molar-refractivity contribution in [1.82, 2.24) is 4.57 Å². The van der Waals surface area contributed by atoms with Crippen LogP contribution in [-0.4, -0.2) is 36.1 Å². The predicted octanol–water partition coefficient (Wildman–Crippen LogP) is 2.05. The molecule has 0 aliphatic carbocycles. The van der Waals surface area contributed by atoms with E-state index in [1.165, 1.54) is 13.1 Å². The van der Waals surface area contributed by atoms with Crippen LogP contribution in [0.15, 0.2) is 0 Å². The largest absolute Gasteiger partial charge is 0.325 e. The van der Waals surface area contributed by atoms with Crippen LogP contribution in [0.5, 0.6) is 0 Å². The summed E-state index contributed by atoms with van der Waals surface area (Å²) in [5, 5.41) is 0.958. The molecule has 0 fully saturated rings. The molecule has 0 N–H and O–H groups in total. The normalized spacial score (nSPS) is 14.5. The third-order valence-electron chi connectivity index (χ3n) is 2.32. The van der Waals surface area contributed by atoms with Gasteiger partial charge in [0.25, 0.3) is 0 Å². The van der Waals surface area contributed by atoms with Crippen molar-refractivity contribution in [3.8, 4) is 0 Å². The molecule has 0 amide bonds. The number of nitrogens with zero attached hydrogens (tertiary/aromatic N) is 1. The fraction of sp³-hybridized carbons (Fsp3) is 1.00. The van der Waals surface area contributed by atoms with Gasteiger partial charge in [-0.1, -0.05) is 33.9 Å². The number of rotatable bonds is 5. The van der Waals surface area contributed by atoms with E-state index in [0.717, 1.165) is 14.7 Å². The van der Waals surface area contributed by atoms with Crippen LogP contribution in [0.1, 0.15) is 20.8 Å². The Balaban J connectivity index is 3.86. The minimum Gasteiger partial charge on any atom is -0.325 e. The molecule has 0 aromatic carbocycles. The number of hydrogen-bond acceptors (Lipinski definition) is 1. The van der Waals surface area contributed by atoms with Crippen LogP contribution in [0.2, 0.25) is 18.3 Å². The average Bonchev–Trinajstić information content (AvgIpc) is 2.05. The molecule has 65 valence electrons. The van der Waals surface area contributed by atoms with Gasteiger partial charge in [0.2, 0.25) is 0 Å². The SMILES string of the molecule is CCN(CC)[Si](C)C(C)[Si]C. The Bertz CT molecular complexity index is 94.1. The Morgan fingerprint density at radius 3 is 2.09 bits per heavy atom. The quantitative estimate of drug-likeness (QED) is 0.594. The van der Waals surface area contributed by atoms with E-state index in [0.29, 0.717) is 0 Å². The van der Waals surface area contributed by atoms with Gasteiger partial charge in [-0.15, -0.1) is 0 Å². The Hall–Kier alpha value is 0.394. The zero-order valence-electron chi connectivity index (χ0n) is 8.44. The van der Waals surface area contributed by atoms with E-state index < -0.39 is 0 Å². The van der Waals surface area contributed by atoms with Gasteiger partial charge in [0, 0.05) is 9.52 Å². The average molecular weight is 186 g/mol. The lowest BCUT2D eigenvalue weighted by molar-refractivity contribution is 0.478. The van der Waals surface area contributed by atoms with Crippen LogP contribution in [0.25, 0.3) is 0 Å². The molecule has 0 spiro atoms. The maximum Gasteiger partial charge on any atom is 0.132 e. The van der Waals surface area contributed by atoms with Crippen molar-refractivity contribution in [2.75, 3.05) is 13.1 Å². The summed E-state index contributed by atoms with van der Waals surface area (Å²) in [7, 11) is 0.902. The third-order valence-corrected chi connectivity index (χ3v) is 8.19. The molecule has 0 aromatic heterocycles. The van der Waals surface area contributed by atoms with E-state index in [-0.39, 0.29) is 8.96 Å². The van der Waals surface area contributed by atoms with Crippen LogP contribution in [0.3, 0.4) is 0 Å². The van der Waals surface area contributed by atoms with Crippen molar-refractivity contribution < 1.29 is 0 Å². The highest BCUT2D eigenvalue weighted by molar-refractivity contribution is 6.68. The molecule has 0 saturated heterocycles. The second kappa shape index (κ2) is 5.97. The fourth-order valence-electron chi connectivity index (χ4n) is 1.21. The maximum absolute atomic E-state index is 2.63. The Kier molecular flexibility index (Phi) is 6.18. The standard InChI is InChI=1S/C8H20NSi2/c1-6-9(7-2)11(5)8(3)10-4/h8H,6-7H2,1-5H3. The van der Waals surface area contributed by atoms with Crippen LogP contribution in [0, 0.1) is 0 Å². The van der Waals surface area contributed by atoms with Gasteiger partial charge in [-0.2, -0.15) is 0 Å². The van der Waals surface area contributed by atoms with Gasteiger partial charge in [-0.3, -0.25) is 0 Å².